The van der Waals surface area contributed by atoms with E-state index in [0.29, 0.717) is 6.54 Å². The lowest BCUT2D eigenvalue weighted by Crippen LogP contribution is -2.35. The smallest absolute Gasteiger partial charge is 0.306 e. The van der Waals surface area contributed by atoms with Crippen LogP contribution in [0.4, 0.5) is 0 Å². The van der Waals surface area contributed by atoms with Crippen LogP contribution in [-0.2, 0) is 17.9 Å². The van der Waals surface area contributed by atoms with Gasteiger partial charge in [0.25, 0.3) is 0 Å². The number of carboxylic acids is 1. The van der Waals surface area contributed by atoms with E-state index in [1.807, 2.05) is 4.68 Å². The lowest BCUT2D eigenvalue weighted by molar-refractivity contribution is -0.144. The number of nitrogens with one attached hydrogen (secondary N) is 1. The summed E-state index contributed by atoms with van der Waals surface area (Å²) in [6.07, 6.45) is 6.12. The molecule has 1 aromatic rings. The van der Waals surface area contributed by atoms with Crippen LogP contribution >= 0.6 is 0 Å². The topological polar surface area (TPSA) is 92.9 Å². The number of carbonyl (C=O) groups is 1. The van der Waals surface area contributed by atoms with E-state index >= 15 is 0 Å². The Morgan fingerprint density at radius 2 is 2.24 bits per heavy atom. The van der Waals surface area contributed by atoms with Crippen LogP contribution in [0.15, 0.2) is 0 Å². The normalized spacial score (nSPS) is 22.3. The van der Waals surface area contributed by atoms with E-state index in [1.165, 1.54) is 0 Å². The minimum atomic E-state index is -0.658. The first-order chi connectivity index (χ1) is 10.2. The van der Waals surface area contributed by atoms with Crippen molar-refractivity contribution in [1.29, 1.82) is 0 Å². The predicted octanol–water partition coefficient (Wildman–Crippen LogP) is 1.45. The minimum absolute atomic E-state index is 0.206. The SMILES string of the molecule is CCCCn1nnnc1CNCC1CCCCC1C(=O)O. The van der Waals surface area contributed by atoms with Gasteiger partial charge in [-0.1, -0.05) is 26.2 Å². The number of hydrogen-bond donors (Lipinski definition) is 2. The Hall–Kier alpha value is -1.50. The van der Waals surface area contributed by atoms with E-state index in [9.17, 15) is 9.90 Å². The number of aromatic nitrogens is 4. The van der Waals surface area contributed by atoms with E-state index in [0.717, 1.165) is 57.4 Å². The van der Waals surface area contributed by atoms with Crippen molar-refractivity contribution in [3.63, 3.8) is 0 Å². The number of nitrogens with zero attached hydrogens (tertiary/aromatic N) is 4. The maximum atomic E-state index is 11.3. The van der Waals surface area contributed by atoms with Gasteiger partial charge in [0.15, 0.2) is 5.82 Å². The van der Waals surface area contributed by atoms with Gasteiger partial charge in [-0.25, -0.2) is 4.68 Å². The molecule has 1 aliphatic carbocycles. The molecule has 2 atom stereocenters. The van der Waals surface area contributed by atoms with Crippen molar-refractivity contribution in [1.82, 2.24) is 25.5 Å². The number of tetrazole rings is 1. The third-order valence-corrected chi connectivity index (χ3v) is 4.25. The molecule has 1 heterocycles. The highest BCUT2D eigenvalue weighted by atomic mass is 16.4. The number of carboxylic acid groups (broad SMARTS) is 1. The van der Waals surface area contributed by atoms with Gasteiger partial charge >= 0.3 is 5.97 Å². The van der Waals surface area contributed by atoms with Gasteiger partial charge in [0, 0.05) is 6.54 Å². The second-order valence-corrected chi connectivity index (χ2v) is 5.79. The average Bonchev–Trinajstić information content (AvgIpc) is 2.93. The Balaban J connectivity index is 1.80. The third kappa shape index (κ3) is 4.49. The summed E-state index contributed by atoms with van der Waals surface area (Å²) in [4.78, 5) is 11.3. The average molecular weight is 295 g/mol. The molecule has 0 spiro atoms. The molecule has 0 amide bonds. The molecule has 1 fully saturated rings. The molecule has 7 heteroatoms. The Labute approximate surface area is 125 Å². The lowest BCUT2D eigenvalue weighted by Gasteiger charge is -2.28. The van der Waals surface area contributed by atoms with Crippen molar-refractivity contribution in [3.05, 3.63) is 5.82 Å². The molecule has 2 unspecified atom stereocenters. The molecule has 2 rings (SSSR count). The number of unbranched alkanes of at least 4 members (excludes halogenated alkanes) is 1. The van der Waals surface area contributed by atoms with E-state index in [4.69, 9.17) is 0 Å². The minimum Gasteiger partial charge on any atom is -0.481 e. The van der Waals surface area contributed by atoms with E-state index in [2.05, 4.69) is 27.8 Å². The quantitative estimate of drug-likeness (QED) is 0.754. The van der Waals surface area contributed by atoms with Crippen LogP contribution in [0.25, 0.3) is 0 Å². The van der Waals surface area contributed by atoms with Gasteiger partial charge in [-0.15, -0.1) is 5.10 Å². The van der Waals surface area contributed by atoms with Gasteiger partial charge in [-0.2, -0.15) is 0 Å². The Bertz CT molecular complexity index is 448. The van der Waals surface area contributed by atoms with E-state index in [1.54, 1.807) is 0 Å². The molecule has 118 valence electrons. The van der Waals surface area contributed by atoms with Crippen LogP contribution in [0.2, 0.25) is 0 Å². The molecule has 0 radical (unpaired) electrons. The molecule has 1 aliphatic rings. The summed E-state index contributed by atoms with van der Waals surface area (Å²) in [6.45, 7) is 4.29. The molecular formula is C14H25N5O2. The fraction of sp³-hybridized carbons (Fsp3) is 0.857. The molecule has 1 saturated carbocycles. The standard InChI is InChI=1S/C14H25N5O2/c1-2-3-8-19-13(16-17-18-19)10-15-9-11-6-4-5-7-12(11)14(20)21/h11-12,15H,2-10H2,1H3,(H,20,21). The molecule has 0 aliphatic heterocycles. The molecule has 0 aromatic carbocycles. The molecule has 7 nitrogen and oxygen atoms in total. The van der Waals surface area contributed by atoms with Crippen LogP contribution < -0.4 is 5.32 Å². The summed E-state index contributed by atoms with van der Waals surface area (Å²) in [5, 5.41) is 24.3. The summed E-state index contributed by atoms with van der Waals surface area (Å²) >= 11 is 0. The Kier molecular flexibility index (Phi) is 6.10. The maximum absolute atomic E-state index is 11.3. The van der Waals surface area contributed by atoms with Crippen LogP contribution in [0, 0.1) is 11.8 Å². The van der Waals surface area contributed by atoms with Crippen molar-refractivity contribution < 1.29 is 9.90 Å². The van der Waals surface area contributed by atoms with Crippen molar-refractivity contribution >= 4 is 5.97 Å². The first-order valence-electron chi connectivity index (χ1n) is 7.91. The fourth-order valence-electron chi connectivity index (χ4n) is 2.98. The lowest BCUT2D eigenvalue weighted by atomic mass is 9.79. The van der Waals surface area contributed by atoms with Crippen LogP contribution in [0.3, 0.4) is 0 Å². The second kappa shape index (κ2) is 8.07. The number of aliphatic carboxylic acids is 1. The van der Waals surface area contributed by atoms with Gasteiger partial charge in [-0.3, -0.25) is 4.79 Å². The maximum Gasteiger partial charge on any atom is 0.306 e. The van der Waals surface area contributed by atoms with Crippen molar-refractivity contribution in [3.8, 4) is 0 Å². The van der Waals surface area contributed by atoms with Crippen molar-refractivity contribution in [2.75, 3.05) is 6.54 Å². The highest BCUT2D eigenvalue weighted by molar-refractivity contribution is 5.70. The molecule has 0 saturated heterocycles. The van der Waals surface area contributed by atoms with Gasteiger partial charge in [-0.05, 0) is 42.2 Å². The number of rotatable bonds is 8. The summed E-state index contributed by atoms with van der Waals surface area (Å²) < 4.78 is 1.83. The second-order valence-electron chi connectivity index (χ2n) is 5.79. The summed E-state index contributed by atoms with van der Waals surface area (Å²) in [5.41, 5.74) is 0. The van der Waals surface area contributed by atoms with Crippen molar-refractivity contribution in [2.45, 2.75) is 58.5 Å². The zero-order valence-corrected chi connectivity index (χ0v) is 12.7. The molecular weight excluding hydrogens is 270 g/mol. The first-order valence-corrected chi connectivity index (χ1v) is 7.91. The molecule has 21 heavy (non-hydrogen) atoms. The van der Waals surface area contributed by atoms with E-state index in [-0.39, 0.29) is 11.8 Å². The van der Waals surface area contributed by atoms with Crippen molar-refractivity contribution in [2.24, 2.45) is 11.8 Å². The molecule has 1 aromatic heterocycles. The van der Waals surface area contributed by atoms with Crippen LogP contribution in [0.1, 0.15) is 51.3 Å². The Morgan fingerprint density at radius 1 is 1.43 bits per heavy atom. The summed E-state index contributed by atoms with van der Waals surface area (Å²) in [5.74, 6) is 0.180. The zero-order chi connectivity index (χ0) is 15.1. The largest absolute Gasteiger partial charge is 0.481 e. The van der Waals surface area contributed by atoms with Gasteiger partial charge < -0.3 is 10.4 Å². The summed E-state index contributed by atoms with van der Waals surface area (Å²) in [7, 11) is 0. The Morgan fingerprint density at radius 3 is 3.00 bits per heavy atom. The monoisotopic (exact) mass is 295 g/mol. The van der Waals surface area contributed by atoms with Gasteiger partial charge in [0.1, 0.15) is 0 Å². The van der Waals surface area contributed by atoms with Gasteiger partial charge in [0.05, 0.1) is 12.5 Å². The summed E-state index contributed by atoms with van der Waals surface area (Å²) in [6, 6.07) is 0. The van der Waals surface area contributed by atoms with E-state index < -0.39 is 5.97 Å². The molecule has 0 bridgehead atoms. The fourth-order valence-corrected chi connectivity index (χ4v) is 2.98. The third-order valence-electron chi connectivity index (χ3n) is 4.25. The predicted molar refractivity (Wildman–Crippen MR) is 77.5 cm³/mol. The highest BCUT2D eigenvalue weighted by Crippen LogP contribution is 2.29. The number of aryl methyl sites for hydroxylation is 1. The first kappa shape index (κ1) is 15.9. The molecule has 2 N–H and O–H groups in total. The zero-order valence-electron chi connectivity index (χ0n) is 12.7. The highest BCUT2D eigenvalue weighted by Gasteiger charge is 2.30. The van der Waals surface area contributed by atoms with Crippen LogP contribution in [-0.4, -0.2) is 37.8 Å². The van der Waals surface area contributed by atoms with Gasteiger partial charge in [0.2, 0.25) is 0 Å². The van der Waals surface area contributed by atoms with Crippen LogP contribution in [0.5, 0.6) is 0 Å². The number of hydrogen-bond acceptors (Lipinski definition) is 5.